The zero-order valence-corrected chi connectivity index (χ0v) is 20.4. The molecule has 1 aromatic heterocycles. The van der Waals surface area contributed by atoms with E-state index >= 15 is 0 Å². The maximum atomic E-state index is 12.9. The van der Waals surface area contributed by atoms with Gasteiger partial charge in [-0.2, -0.15) is 5.10 Å². The van der Waals surface area contributed by atoms with E-state index < -0.39 is 0 Å². The van der Waals surface area contributed by atoms with Gasteiger partial charge in [-0.05, 0) is 30.4 Å². The minimum absolute atomic E-state index is 0. The van der Waals surface area contributed by atoms with Gasteiger partial charge in [0.1, 0.15) is 5.69 Å². The smallest absolute Gasteiger partial charge is 0.278 e. The summed E-state index contributed by atoms with van der Waals surface area (Å²) in [6.07, 6.45) is 0.723. The largest absolute Gasteiger partial charge is 0.494 e. The van der Waals surface area contributed by atoms with Crippen molar-refractivity contribution < 1.29 is 37.4 Å². The quantitative estimate of drug-likeness (QED) is 0.628. The number of hydrogen-bond acceptors (Lipinski definition) is 3. The molecule has 0 unspecified atom stereocenters. The third kappa shape index (κ3) is 6.31. The van der Waals surface area contributed by atoms with Crippen LogP contribution in [0.1, 0.15) is 45.9 Å². The van der Waals surface area contributed by atoms with E-state index in [9.17, 15) is 4.79 Å². The molecule has 0 saturated carbocycles. The van der Waals surface area contributed by atoms with Gasteiger partial charge >= 0.3 is 0 Å². The number of benzene rings is 1. The van der Waals surface area contributed by atoms with Crippen molar-refractivity contribution >= 4 is 0 Å². The van der Waals surface area contributed by atoms with Gasteiger partial charge in [-0.15, -0.1) is 0 Å². The topological polar surface area (TPSA) is 44.1 Å². The second-order valence-corrected chi connectivity index (χ2v) is 5.90. The molecule has 0 amide bonds. The molecular formula is C21H33N2O2Y-. The molecule has 2 aromatic rings. The Morgan fingerprint density at radius 2 is 1.77 bits per heavy atom. The Labute approximate surface area is 184 Å². The van der Waals surface area contributed by atoms with Crippen LogP contribution in [0, 0.1) is 20.3 Å². The van der Waals surface area contributed by atoms with E-state index in [1.165, 1.54) is 0 Å². The minimum Gasteiger partial charge on any atom is -0.494 e. The van der Waals surface area contributed by atoms with Gasteiger partial charge in [0.25, 0.3) is 5.56 Å². The van der Waals surface area contributed by atoms with Gasteiger partial charge in [0, 0.05) is 39.3 Å². The molecular weight excluding hydrogens is 401 g/mol. The molecule has 26 heavy (non-hydrogen) atoms. The van der Waals surface area contributed by atoms with Crippen molar-refractivity contribution in [1.82, 2.24) is 9.78 Å². The van der Waals surface area contributed by atoms with Crippen molar-refractivity contribution in [2.45, 2.75) is 54.5 Å². The fourth-order valence-electron chi connectivity index (χ4n) is 2.62. The average Bonchev–Trinajstić information content (AvgIpc) is 2.58. The van der Waals surface area contributed by atoms with Gasteiger partial charge in [-0.3, -0.25) is 4.79 Å². The maximum Gasteiger partial charge on any atom is 0.278 e. The van der Waals surface area contributed by atoms with E-state index in [4.69, 9.17) is 4.74 Å². The number of nitrogens with zero attached hydrogens (tertiary/aromatic N) is 2. The number of aromatic nitrogens is 2. The molecule has 1 heterocycles. The summed E-state index contributed by atoms with van der Waals surface area (Å²) in [5, 5.41) is 4.50. The molecule has 2 rings (SSSR count). The number of ether oxygens (including phenoxy) is 1. The predicted molar refractivity (Wildman–Crippen MR) is 107 cm³/mol. The van der Waals surface area contributed by atoms with Gasteiger partial charge in [0.2, 0.25) is 0 Å². The van der Waals surface area contributed by atoms with Crippen LogP contribution in [0.2, 0.25) is 0 Å². The first-order valence-corrected chi connectivity index (χ1v) is 8.73. The van der Waals surface area contributed by atoms with Crippen molar-refractivity contribution in [1.29, 1.82) is 0 Å². The van der Waals surface area contributed by atoms with Crippen LogP contribution in [0.15, 0.2) is 29.1 Å². The van der Waals surface area contributed by atoms with Crippen LogP contribution in [0.25, 0.3) is 11.1 Å². The van der Waals surface area contributed by atoms with Crippen LogP contribution in [0.3, 0.4) is 0 Å². The van der Waals surface area contributed by atoms with Gasteiger partial charge < -0.3 is 12.2 Å². The zero-order chi connectivity index (χ0) is 18.3. The first-order chi connectivity index (χ1) is 11.5. The van der Waals surface area contributed by atoms with Gasteiger partial charge in [-0.1, -0.05) is 58.9 Å². The van der Waals surface area contributed by atoms with Crippen molar-refractivity contribution in [2.75, 3.05) is 7.11 Å². The first-order valence-electron chi connectivity index (χ1n) is 8.73. The summed E-state index contributed by atoms with van der Waals surface area (Å²) in [6, 6.07) is 7.89. The van der Waals surface area contributed by atoms with E-state index in [0.717, 1.165) is 23.2 Å². The van der Waals surface area contributed by atoms with E-state index in [-0.39, 0.29) is 45.7 Å². The molecule has 0 N–H and O–H groups in total. The number of methoxy groups -OCH3 is 1. The summed E-state index contributed by atoms with van der Waals surface area (Å²) in [4.78, 5) is 12.9. The van der Waals surface area contributed by atoms with Crippen LogP contribution < -0.4 is 10.3 Å². The van der Waals surface area contributed by atoms with Gasteiger partial charge in [0.05, 0.1) is 12.7 Å². The molecule has 0 aliphatic rings. The second kappa shape index (κ2) is 13.2. The Balaban J connectivity index is 0. The number of aryl methyl sites for hydroxylation is 2. The van der Waals surface area contributed by atoms with E-state index in [1.807, 2.05) is 52.0 Å². The molecule has 0 atom stereocenters. The predicted octanol–water partition coefficient (Wildman–Crippen LogP) is 4.92. The Morgan fingerprint density at radius 3 is 2.23 bits per heavy atom. The Bertz CT molecular complexity index is 724. The van der Waals surface area contributed by atoms with Crippen molar-refractivity contribution in [3.05, 3.63) is 53.3 Å². The fourth-order valence-corrected chi connectivity index (χ4v) is 2.62. The van der Waals surface area contributed by atoms with Gasteiger partial charge in [-0.25, -0.2) is 4.68 Å². The summed E-state index contributed by atoms with van der Waals surface area (Å²) in [5.74, 6) is 0.954. The summed E-state index contributed by atoms with van der Waals surface area (Å²) >= 11 is 0. The van der Waals surface area contributed by atoms with Crippen LogP contribution >= 0.6 is 0 Å². The fraction of sp³-hybridized carbons (Fsp3) is 0.476. The molecule has 1 radical (unpaired) electrons. The van der Waals surface area contributed by atoms with E-state index in [2.05, 4.69) is 18.9 Å². The third-order valence-electron chi connectivity index (χ3n) is 3.67. The van der Waals surface area contributed by atoms with E-state index in [0.29, 0.717) is 23.8 Å². The third-order valence-corrected chi connectivity index (χ3v) is 3.67. The standard InChI is InChI=1S/C18H24N2O2.C2H6.CH3.Y/c1-6-15-17(22-5)16(14-10-8-7-9-13(14)4)18(21)20(19-15)11-12(2)3;1-2;;/h7-10,12H,6,11H2,1-5H3;1-2H3;1H3;/q;;-1;. The first kappa shape index (κ1) is 27.2. The molecule has 5 heteroatoms. The van der Waals surface area contributed by atoms with Crippen LogP contribution in [-0.2, 0) is 45.7 Å². The molecule has 0 aliphatic heterocycles. The maximum absolute atomic E-state index is 12.9. The SMILES string of the molecule is CC.CCc1nn(CC(C)C)c(=O)c(-c2ccccc2C)c1OC.[CH3-].[Y]. The Morgan fingerprint density at radius 1 is 1.19 bits per heavy atom. The number of rotatable bonds is 5. The molecule has 0 aliphatic carbocycles. The monoisotopic (exact) mass is 434 g/mol. The summed E-state index contributed by atoms with van der Waals surface area (Å²) in [5.41, 5.74) is 3.33. The number of hydrogen-bond donors (Lipinski definition) is 0. The van der Waals surface area contributed by atoms with E-state index in [1.54, 1.807) is 11.8 Å². The molecule has 0 bridgehead atoms. The summed E-state index contributed by atoms with van der Waals surface area (Å²) in [7, 11) is 1.60. The second-order valence-electron chi connectivity index (χ2n) is 5.90. The van der Waals surface area contributed by atoms with Crippen LogP contribution in [-0.4, -0.2) is 16.9 Å². The molecule has 0 spiro atoms. The van der Waals surface area contributed by atoms with Gasteiger partial charge in [0.15, 0.2) is 5.75 Å². The summed E-state index contributed by atoms with van der Waals surface area (Å²) < 4.78 is 7.12. The Kier molecular flexibility index (Phi) is 13.8. The Hall–Kier alpha value is -0.996. The normalized spacial score (nSPS) is 9.54. The average molecular weight is 434 g/mol. The van der Waals surface area contributed by atoms with Crippen molar-refractivity contribution in [3.8, 4) is 16.9 Å². The van der Waals surface area contributed by atoms with Crippen molar-refractivity contribution in [2.24, 2.45) is 5.92 Å². The molecule has 0 saturated heterocycles. The zero-order valence-electron chi connectivity index (χ0n) is 17.6. The molecule has 143 valence electrons. The molecule has 0 fully saturated rings. The molecule has 4 nitrogen and oxygen atoms in total. The van der Waals surface area contributed by atoms with Crippen LogP contribution in [0.4, 0.5) is 0 Å². The van der Waals surface area contributed by atoms with Crippen LogP contribution in [0.5, 0.6) is 5.75 Å². The summed E-state index contributed by atoms with van der Waals surface area (Å²) in [6.45, 7) is 12.8. The molecule has 1 aromatic carbocycles. The minimum atomic E-state index is -0.0861. The van der Waals surface area contributed by atoms with Crippen molar-refractivity contribution in [3.63, 3.8) is 0 Å².